The molecule has 132 valence electrons. The third-order valence-electron chi connectivity index (χ3n) is 3.68. The van der Waals surface area contributed by atoms with Gasteiger partial charge in [-0.25, -0.2) is 0 Å². The summed E-state index contributed by atoms with van der Waals surface area (Å²) < 4.78 is 7.36. The smallest absolute Gasteiger partial charge is 0.233 e. The summed E-state index contributed by atoms with van der Waals surface area (Å²) in [6, 6.07) is 7.77. The Bertz CT molecular complexity index is 797. The molecule has 25 heavy (non-hydrogen) atoms. The van der Waals surface area contributed by atoms with E-state index in [9.17, 15) is 4.79 Å². The highest BCUT2D eigenvalue weighted by atomic mass is 32.2. The van der Waals surface area contributed by atoms with E-state index in [-0.39, 0.29) is 11.2 Å². The van der Waals surface area contributed by atoms with Crippen LogP contribution in [0.15, 0.2) is 45.5 Å². The minimum absolute atomic E-state index is 0.00626. The van der Waals surface area contributed by atoms with Gasteiger partial charge in [-0.3, -0.25) is 9.36 Å². The van der Waals surface area contributed by atoms with Crippen molar-refractivity contribution in [3.8, 4) is 11.6 Å². The van der Waals surface area contributed by atoms with Crippen LogP contribution in [0.2, 0.25) is 0 Å². The van der Waals surface area contributed by atoms with Crippen molar-refractivity contribution in [1.29, 1.82) is 0 Å². The van der Waals surface area contributed by atoms with Crippen molar-refractivity contribution in [2.45, 2.75) is 37.2 Å². The van der Waals surface area contributed by atoms with Gasteiger partial charge in [0.2, 0.25) is 5.91 Å². The van der Waals surface area contributed by atoms with Crippen LogP contribution in [0.5, 0.6) is 0 Å². The highest BCUT2D eigenvalue weighted by molar-refractivity contribution is 8.00. The molecule has 3 heterocycles. The molecular weight excluding hydrogens is 356 g/mol. The fourth-order valence-corrected chi connectivity index (χ4v) is 4.01. The van der Waals surface area contributed by atoms with Crippen molar-refractivity contribution in [2.24, 2.45) is 0 Å². The highest BCUT2D eigenvalue weighted by Crippen LogP contribution is 2.27. The van der Waals surface area contributed by atoms with Gasteiger partial charge < -0.3 is 9.73 Å². The molecular formula is C17H20N4O2S2. The molecule has 0 fully saturated rings. The van der Waals surface area contributed by atoms with Crippen LogP contribution in [0.4, 0.5) is 0 Å². The number of thiophene rings is 1. The molecule has 3 rings (SSSR count). The number of nitrogens with one attached hydrogen (secondary N) is 1. The number of thioether (sulfide) groups is 1. The zero-order valence-corrected chi connectivity index (χ0v) is 15.8. The summed E-state index contributed by atoms with van der Waals surface area (Å²) in [7, 11) is 0. The third-order valence-corrected chi connectivity index (χ3v) is 5.69. The van der Waals surface area contributed by atoms with Gasteiger partial charge in [-0.05, 0) is 43.8 Å². The van der Waals surface area contributed by atoms with Crippen molar-refractivity contribution in [3.05, 3.63) is 40.8 Å². The van der Waals surface area contributed by atoms with E-state index in [1.165, 1.54) is 16.6 Å². The van der Waals surface area contributed by atoms with E-state index in [0.717, 1.165) is 11.6 Å². The summed E-state index contributed by atoms with van der Waals surface area (Å²) in [6.45, 7) is 5.25. The molecule has 0 bridgehead atoms. The molecule has 0 aliphatic carbocycles. The summed E-state index contributed by atoms with van der Waals surface area (Å²) in [5.74, 6) is 1.36. The van der Waals surface area contributed by atoms with Crippen molar-refractivity contribution < 1.29 is 9.21 Å². The first-order valence-electron chi connectivity index (χ1n) is 8.13. The number of carbonyl (C=O) groups excluding carboxylic acids is 1. The van der Waals surface area contributed by atoms with E-state index in [0.29, 0.717) is 24.7 Å². The number of amides is 1. The molecule has 3 aromatic rings. The normalized spacial score (nSPS) is 12.2. The van der Waals surface area contributed by atoms with Crippen LogP contribution < -0.4 is 5.32 Å². The first-order valence-corrected chi connectivity index (χ1v) is 9.88. The summed E-state index contributed by atoms with van der Waals surface area (Å²) in [5, 5.41) is 13.9. The average Bonchev–Trinajstić information content (AvgIpc) is 3.35. The van der Waals surface area contributed by atoms with Gasteiger partial charge in [-0.2, -0.15) is 0 Å². The van der Waals surface area contributed by atoms with E-state index in [1.807, 2.05) is 42.0 Å². The first-order chi connectivity index (χ1) is 12.2. The van der Waals surface area contributed by atoms with Crippen molar-refractivity contribution in [3.63, 3.8) is 0 Å². The molecule has 1 atom stereocenters. The van der Waals surface area contributed by atoms with Crippen molar-refractivity contribution in [1.82, 2.24) is 20.1 Å². The lowest BCUT2D eigenvalue weighted by Gasteiger charge is -2.12. The van der Waals surface area contributed by atoms with Crippen molar-refractivity contribution in [2.75, 3.05) is 6.54 Å². The maximum absolute atomic E-state index is 12.3. The largest absolute Gasteiger partial charge is 0.461 e. The number of aromatic nitrogens is 3. The van der Waals surface area contributed by atoms with Gasteiger partial charge in [0.25, 0.3) is 0 Å². The fourth-order valence-electron chi connectivity index (χ4n) is 2.37. The lowest BCUT2D eigenvalue weighted by Crippen LogP contribution is -2.32. The number of nitrogens with zero attached hydrogens (tertiary/aromatic N) is 3. The van der Waals surface area contributed by atoms with Crippen LogP contribution in [0.1, 0.15) is 18.7 Å². The Morgan fingerprint density at radius 1 is 1.40 bits per heavy atom. The van der Waals surface area contributed by atoms with Gasteiger partial charge in [-0.15, -0.1) is 21.5 Å². The molecule has 3 aromatic heterocycles. The number of hydrogen-bond acceptors (Lipinski definition) is 6. The summed E-state index contributed by atoms with van der Waals surface area (Å²) in [5.41, 5.74) is 0. The number of rotatable bonds is 8. The monoisotopic (exact) mass is 376 g/mol. The minimum atomic E-state index is -0.248. The second kappa shape index (κ2) is 8.35. The summed E-state index contributed by atoms with van der Waals surface area (Å²) >= 11 is 3.11. The lowest BCUT2D eigenvalue weighted by molar-refractivity contribution is -0.120. The Labute approximate surface area is 154 Å². The zero-order valence-electron chi connectivity index (χ0n) is 14.1. The number of furan rings is 1. The predicted octanol–water partition coefficient (Wildman–Crippen LogP) is 3.46. The second-order valence-electron chi connectivity index (χ2n) is 5.41. The van der Waals surface area contributed by atoms with Crippen LogP contribution in [-0.2, 0) is 17.8 Å². The third kappa shape index (κ3) is 4.32. The molecule has 0 spiro atoms. The molecule has 0 aromatic carbocycles. The van der Waals surface area contributed by atoms with Crippen LogP contribution in [0, 0.1) is 0 Å². The average molecular weight is 377 g/mol. The van der Waals surface area contributed by atoms with Crippen LogP contribution in [0.25, 0.3) is 11.6 Å². The molecule has 6 nitrogen and oxygen atoms in total. The number of carbonyl (C=O) groups is 1. The van der Waals surface area contributed by atoms with Gasteiger partial charge in [-0.1, -0.05) is 17.8 Å². The Balaban J connectivity index is 1.58. The quantitative estimate of drug-likeness (QED) is 0.610. The zero-order chi connectivity index (χ0) is 17.6. The SMILES string of the molecule is CCn1c(S[C@@H](C)C(=O)NCCc2cccs2)nnc1-c1ccco1. The molecule has 0 saturated carbocycles. The van der Waals surface area contributed by atoms with Gasteiger partial charge in [0.05, 0.1) is 11.5 Å². The summed E-state index contributed by atoms with van der Waals surface area (Å²) in [6.07, 6.45) is 2.47. The van der Waals surface area contributed by atoms with Crippen molar-refractivity contribution >= 4 is 29.0 Å². The minimum Gasteiger partial charge on any atom is -0.461 e. The molecule has 0 unspecified atom stereocenters. The van der Waals surface area contributed by atoms with Crippen LogP contribution in [-0.4, -0.2) is 32.5 Å². The van der Waals surface area contributed by atoms with E-state index >= 15 is 0 Å². The maximum atomic E-state index is 12.3. The molecule has 1 amide bonds. The molecule has 0 radical (unpaired) electrons. The topological polar surface area (TPSA) is 73.0 Å². The Hall–Kier alpha value is -2.06. The molecule has 0 aliphatic heterocycles. The van der Waals surface area contributed by atoms with E-state index in [2.05, 4.69) is 21.6 Å². The Morgan fingerprint density at radius 2 is 2.28 bits per heavy atom. The fraction of sp³-hybridized carbons (Fsp3) is 0.353. The first kappa shape index (κ1) is 17.8. The van der Waals surface area contributed by atoms with E-state index < -0.39 is 0 Å². The highest BCUT2D eigenvalue weighted by Gasteiger charge is 2.20. The predicted molar refractivity (Wildman–Crippen MR) is 99.7 cm³/mol. The van der Waals surface area contributed by atoms with Gasteiger partial charge in [0.15, 0.2) is 16.7 Å². The Kier molecular flexibility index (Phi) is 5.93. The number of hydrogen-bond donors (Lipinski definition) is 1. The van der Waals surface area contributed by atoms with Gasteiger partial charge in [0, 0.05) is 18.0 Å². The van der Waals surface area contributed by atoms with Gasteiger partial charge >= 0.3 is 0 Å². The van der Waals surface area contributed by atoms with E-state index in [1.54, 1.807) is 17.6 Å². The van der Waals surface area contributed by atoms with Crippen LogP contribution in [0.3, 0.4) is 0 Å². The van der Waals surface area contributed by atoms with Crippen LogP contribution >= 0.6 is 23.1 Å². The van der Waals surface area contributed by atoms with Gasteiger partial charge in [0.1, 0.15) is 0 Å². The lowest BCUT2D eigenvalue weighted by atomic mass is 10.3. The van der Waals surface area contributed by atoms with E-state index in [4.69, 9.17) is 4.42 Å². The maximum Gasteiger partial charge on any atom is 0.233 e. The molecule has 1 N–H and O–H groups in total. The molecule has 0 aliphatic rings. The molecule has 8 heteroatoms. The second-order valence-corrected chi connectivity index (χ2v) is 7.75. The summed E-state index contributed by atoms with van der Waals surface area (Å²) in [4.78, 5) is 13.6. The standard InChI is InChI=1S/C17H20N4O2S2/c1-3-21-15(14-7-4-10-23-14)19-20-17(21)25-12(2)16(22)18-9-8-13-6-5-11-24-13/h4-7,10-12H,3,8-9H2,1-2H3,(H,18,22)/t12-/m0/s1. The molecule has 0 saturated heterocycles. The Morgan fingerprint density at radius 3 is 2.96 bits per heavy atom.